The van der Waals surface area contributed by atoms with E-state index >= 15 is 0 Å². The molecule has 4 amide bonds. The molecule has 250 valence electrons. The molecular weight excluding hydrogens is 622 g/mol. The van der Waals surface area contributed by atoms with Gasteiger partial charge in [-0.05, 0) is 49.1 Å². The van der Waals surface area contributed by atoms with Crippen LogP contribution in [0.5, 0.6) is 5.75 Å². The second kappa shape index (κ2) is 11.7. The molecule has 0 radical (unpaired) electrons. The lowest BCUT2D eigenvalue weighted by molar-refractivity contribution is -0.376. The van der Waals surface area contributed by atoms with E-state index in [0.717, 1.165) is 29.0 Å². The maximum absolute atomic E-state index is 13.5. The van der Waals surface area contributed by atoms with Crippen LogP contribution in [0.1, 0.15) is 49.4 Å². The van der Waals surface area contributed by atoms with Gasteiger partial charge in [-0.2, -0.15) is 26.3 Å². The number of urea groups is 1. The fraction of sp³-hybridized carbons (Fsp3) is 0.516. The molecule has 0 bridgehead atoms. The number of hydrogen-bond acceptors (Lipinski definition) is 6. The minimum Gasteiger partial charge on any atom is -0.493 e. The molecule has 2 N–H and O–H groups in total. The number of piperazine rings is 1. The Morgan fingerprint density at radius 3 is 2.39 bits per heavy atom. The molecule has 3 heterocycles. The molecular formula is C31H34F6N4O5. The monoisotopic (exact) mass is 656 g/mol. The van der Waals surface area contributed by atoms with Crippen LogP contribution in [0.4, 0.5) is 36.8 Å². The Kier molecular flexibility index (Phi) is 8.45. The number of aryl methyl sites for hydroxylation is 1. The van der Waals surface area contributed by atoms with Crippen molar-refractivity contribution in [1.82, 2.24) is 15.1 Å². The number of fused-ring (bicyclic) bond motifs is 1. The summed E-state index contributed by atoms with van der Waals surface area (Å²) in [6.45, 7) is 5.43. The Morgan fingerprint density at radius 1 is 1.07 bits per heavy atom. The highest BCUT2D eigenvalue weighted by atomic mass is 19.4. The molecule has 3 aliphatic rings. The molecule has 1 unspecified atom stereocenters. The predicted molar refractivity (Wildman–Crippen MR) is 153 cm³/mol. The number of aliphatic hydroxyl groups is 1. The summed E-state index contributed by atoms with van der Waals surface area (Å²) in [7, 11) is 0. The number of hydrogen-bond donors (Lipinski definition) is 2. The Labute approximate surface area is 261 Å². The third-order valence-corrected chi connectivity index (χ3v) is 8.97. The fourth-order valence-corrected chi connectivity index (χ4v) is 6.34. The normalized spacial score (nSPS) is 22.2. The predicted octanol–water partition coefficient (Wildman–Crippen LogP) is 4.39. The van der Waals surface area contributed by atoms with E-state index in [9.17, 15) is 45.8 Å². The average Bonchev–Trinajstić information content (AvgIpc) is 3.54. The maximum Gasteiger partial charge on any atom is 0.430 e. The summed E-state index contributed by atoms with van der Waals surface area (Å²) in [5.41, 5.74) is -5.69. The summed E-state index contributed by atoms with van der Waals surface area (Å²) >= 11 is 0. The molecule has 3 aliphatic heterocycles. The van der Waals surface area contributed by atoms with Gasteiger partial charge < -0.3 is 25.0 Å². The number of halogens is 6. The SMILES string of the molecule is CCCc1cc(C(O)(C(F)(F)F)C(F)(F)F)ccc1N1CCN(C(=O)CN2C(=O)NC(C)(c3ccc4c(c3)OCC4)C2=O)C[C@@H]1C. The van der Waals surface area contributed by atoms with E-state index in [2.05, 4.69) is 5.32 Å². The minimum atomic E-state index is -6.00. The van der Waals surface area contributed by atoms with Crippen molar-refractivity contribution < 1.29 is 50.6 Å². The molecule has 0 aliphatic carbocycles. The standard InChI is InChI=1S/C31H34F6N4O5/c1-4-5-20-14-22(29(45,30(32,33)34)31(35,36)37)8-9-23(20)40-12-11-39(16-18(40)2)25(42)17-41-26(43)28(3,38-27(41)44)21-7-6-19-10-13-46-24(19)15-21/h6-9,14-15,18,45H,4-5,10-13,16-17H2,1-3H3,(H,38,44)/t18-,28?/m0/s1. The summed E-state index contributed by atoms with van der Waals surface area (Å²) in [5.74, 6) is -0.464. The lowest BCUT2D eigenvalue weighted by atomic mass is 9.89. The van der Waals surface area contributed by atoms with E-state index in [-0.39, 0.29) is 31.6 Å². The second-order valence-electron chi connectivity index (χ2n) is 12.0. The number of benzene rings is 2. The first-order chi connectivity index (χ1) is 21.4. The highest BCUT2D eigenvalue weighted by molar-refractivity contribution is 6.09. The first-order valence-electron chi connectivity index (χ1n) is 14.9. The van der Waals surface area contributed by atoms with E-state index in [1.807, 2.05) is 6.07 Å². The van der Waals surface area contributed by atoms with Crippen molar-refractivity contribution in [2.45, 2.75) is 69.6 Å². The summed E-state index contributed by atoms with van der Waals surface area (Å²) in [6.07, 6.45) is -10.7. The van der Waals surface area contributed by atoms with Gasteiger partial charge in [0.15, 0.2) is 0 Å². The zero-order valence-corrected chi connectivity index (χ0v) is 25.4. The van der Waals surface area contributed by atoms with Gasteiger partial charge in [0.1, 0.15) is 17.8 Å². The quantitative estimate of drug-likeness (QED) is 0.339. The van der Waals surface area contributed by atoms with Crippen molar-refractivity contribution in [2.24, 2.45) is 0 Å². The Bertz CT molecular complexity index is 1530. The summed E-state index contributed by atoms with van der Waals surface area (Å²) in [6, 6.07) is 6.63. The van der Waals surface area contributed by atoms with Crippen molar-refractivity contribution >= 4 is 23.5 Å². The zero-order chi connectivity index (χ0) is 33.8. The van der Waals surface area contributed by atoms with Crippen molar-refractivity contribution in [3.8, 4) is 5.75 Å². The number of alkyl halides is 6. The van der Waals surface area contributed by atoms with Crippen LogP contribution in [0.2, 0.25) is 0 Å². The number of anilines is 1. The van der Waals surface area contributed by atoms with Crippen LogP contribution in [0.15, 0.2) is 36.4 Å². The highest BCUT2D eigenvalue weighted by Crippen LogP contribution is 2.50. The molecule has 0 aromatic heterocycles. The van der Waals surface area contributed by atoms with Crippen molar-refractivity contribution in [2.75, 3.05) is 37.7 Å². The Balaban J connectivity index is 1.30. The molecule has 2 aromatic carbocycles. The largest absolute Gasteiger partial charge is 0.493 e. The fourth-order valence-electron chi connectivity index (χ4n) is 6.34. The van der Waals surface area contributed by atoms with Gasteiger partial charge in [0.05, 0.1) is 6.61 Å². The van der Waals surface area contributed by atoms with Gasteiger partial charge in [-0.3, -0.25) is 14.5 Å². The molecule has 2 saturated heterocycles. The first-order valence-corrected chi connectivity index (χ1v) is 14.9. The molecule has 15 heteroatoms. The molecule has 5 rings (SSSR count). The third-order valence-electron chi connectivity index (χ3n) is 8.97. The van der Waals surface area contributed by atoms with Gasteiger partial charge in [-0.1, -0.05) is 37.6 Å². The number of rotatable bonds is 7. The number of nitrogens with zero attached hydrogens (tertiary/aromatic N) is 3. The van der Waals surface area contributed by atoms with Crippen molar-refractivity contribution in [3.05, 3.63) is 58.7 Å². The minimum absolute atomic E-state index is 0.115. The third kappa shape index (κ3) is 5.52. The van der Waals surface area contributed by atoms with E-state index in [1.54, 1.807) is 37.8 Å². The second-order valence-corrected chi connectivity index (χ2v) is 12.0. The number of ether oxygens (including phenoxy) is 1. The van der Waals surface area contributed by atoms with Crippen LogP contribution in [-0.2, 0) is 33.6 Å². The van der Waals surface area contributed by atoms with Gasteiger partial charge in [-0.25, -0.2) is 4.79 Å². The molecule has 2 atom stereocenters. The van der Waals surface area contributed by atoms with E-state index in [0.29, 0.717) is 36.1 Å². The van der Waals surface area contributed by atoms with Crippen molar-refractivity contribution in [3.63, 3.8) is 0 Å². The van der Waals surface area contributed by atoms with Gasteiger partial charge in [0.25, 0.3) is 11.5 Å². The maximum atomic E-state index is 13.5. The smallest absolute Gasteiger partial charge is 0.430 e. The number of imide groups is 1. The molecule has 2 fully saturated rings. The lowest BCUT2D eigenvalue weighted by Gasteiger charge is -2.42. The van der Waals surface area contributed by atoms with Gasteiger partial charge >= 0.3 is 18.4 Å². The molecule has 9 nitrogen and oxygen atoms in total. The highest BCUT2D eigenvalue weighted by Gasteiger charge is 2.71. The van der Waals surface area contributed by atoms with Gasteiger partial charge in [0.2, 0.25) is 5.91 Å². The number of carbonyl (C=O) groups is 3. The van der Waals surface area contributed by atoms with E-state index in [4.69, 9.17) is 4.74 Å². The number of carbonyl (C=O) groups excluding carboxylic acids is 3. The molecule has 2 aromatic rings. The van der Waals surface area contributed by atoms with E-state index in [1.165, 1.54) is 4.90 Å². The van der Waals surface area contributed by atoms with Crippen LogP contribution in [-0.4, -0.2) is 83.9 Å². The van der Waals surface area contributed by atoms with E-state index < -0.39 is 59.5 Å². The van der Waals surface area contributed by atoms with Crippen LogP contribution in [0.3, 0.4) is 0 Å². The molecule has 46 heavy (non-hydrogen) atoms. The van der Waals surface area contributed by atoms with Crippen LogP contribution < -0.4 is 15.0 Å². The lowest BCUT2D eigenvalue weighted by Crippen LogP contribution is -2.56. The Hall–Kier alpha value is -4.01. The zero-order valence-electron chi connectivity index (χ0n) is 25.4. The topological polar surface area (TPSA) is 102 Å². The van der Waals surface area contributed by atoms with Crippen LogP contribution in [0.25, 0.3) is 0 Å². The Morgan fingerprint density at radius 2 is 1.76 bits per heavy atom. The summed E-state index contributed by atoms with van der Waals surface area (Å²) < 4.78 is 86.8. The summed E-state index contributed by atoms with van der Waals surface area (Å²) in [4.78, 5) is 43.7. The van der Waals surface area contributed by atoms with Crippen LogP contribution >= 0.6 is 0 Å². The van der Waals surface area contributed by atoms with Gasteiger partial charge in [0, 0.05) is 43.3 Å². The molecule has 0 spiro atoms. The van der Waals surface area contributed by atoms with Crippen molar-refractivity contribution in [1.29, 1.82) is 0 Å². The number of amides is 4. The first kappa shape index (κ1) is 33.4. The summed E-state index contributed by atoms with van der Waals surface area (Å²) in [5, 5.41) is 12.6. The molecule has 0 saturated carbocycles. The van der Waals surface area contributed by atoms with Crippen LogP contribution in [0, 0.1) is 0 Å². The van der Waals surface area contributed by atoms with Gasteiger partial charge in [-0.15, -0.1) is 0 Å². The average molecular weight is 657 g/mol. The number of nitrogens with one attached hydrogen (secondary N) is 1.